The van der Waals surface area contributed by atoms with Crippen molar-refractivity contribution in [2.24, 2.45) is 5.92 Å². The number of hydrogen-bond donors (Lipinski definition) is 1. The van der Waals surface area contributed by atoms with Crippen molar-refractivity contribution in [3.8, 4) is 0 Å². The Morgan fingerprint density at radius 3 is 3.20 bits per heavy atom. The minimum atomic E-state index is -0.117. The highest BCUT2D eigenvalue weighted by Gasteiger charge is 2.27. The number of fused-ring (bicyclic) bond motifs is 1. The highest BCUT2D eigenvalue weighted by molar-refractivity contribution is 7.20. The maximum atomic E-state index is 11.7. The molecule has 108 valence electrons. The fourth-order valence-corrected chi connectivity index (χ4v) is 3.84. The fourth-order valence-electron chi connectivity index (χ4n) is 3.00. The first-order valence-corrected chi connectivity index (χ1v) is 8.21. The van der Waals surface area contributed by atoms with Crippen LogP contribution in [0.4, 0.5) is 5.13 Å². The predicted octanol–water partition coefficient (Wildman–Crippen LogP) is 2.92. The summed E-state index contributed by atoms with van der Waals surface area (Å²) in [5, 5.41) is 8.68. The van der Waals surface area contributed by atoms with E-state index in [2.05, 4.69) is 22.3 Å². The number of aromatic nitrogens is 3. The molecule has 0 aliphatic heterocycles. The summed E-state index contributed by atoms with van der Waals surface area (Å²) in [6.07, 6.45) is 9.17. The van der Waals surface area contributed by atoms with Gasteiger partial charge in [-0.05, 0) is 25.2 Å². The highest BCUT2D eigenvalue weighted by Crippen LogP contribution is 2.32. The summed E-state index contributed by atoms with van der Waals surface area (Å²) in [7, 11) is 0. The van der Waals surface area contributed by atoms with E-state index in [9.17, 15) is 4.79 Å². The Morgan fingerprint density at radius 2 is 2.40 bits per heavy atom. The summed E-state index contributed by atoms with van der Waals surface area (Å²) in [5.74, 6) is 0.742. The van der Waals surface area contributed by atoms with Crippen LogP contribution in [0.15, 0.2) is 17.1 Å². The molecule has 0 saturated heterocycles. The van der Waals surface area contributed by atoms with Crippen molar-refractivity contribution in [1.29, 1.82) is 0 Å². The lowest BCUT2D eigenvalue weighted by atomic mass is 9.97. The van der Waals surface area contributed by atoms with Gasteiger partial charge < -0.3 is 5.32 Å². The molecular formula is C14H20N4OS. The van der Waals surface area contributed by atoms with Gasteiger partial charge in [-0.3, -0.25) is 4.79 Å². The molecule has 0 bridgehead atoms. The van der Waals surface area contributed by atoms with Gasteiger partial charge in [0, 0.05) is 18.3 Å². The smallest absolute Gasteiger partial charge is 0.275 e. The molecule has 2 heterocycles. The molecule has 1 N–H and O–H groups in total. The van der Waals surface area contributed by atoms with Crippen molar-refractivity contribution in [2.45, 2.75) is 51.5 Å². The molecule has 5 nitrogen and oxygen atoms in total. The largest absolute Gasteiger partial charge is 0.357 e. The van der Waals surface area contributed by atoms with Crippen molar-refractivity contribution >= 4 is 21.4 Å². The van der Waals surface area contributed by atoms with Crippen LogP contribution >= 0.6 is 11.3 Å². The molecule has 0 amide bonds. The van der Waals surface area contributed by atoms with E-state index in [-0.39, 0.29) is 5.56 Å². The van der Waals surface area contributed by atoms with Crippen LogP contribution in [0.5, 0.6) is 0 Å². The van der Waals surface area contributed by atoms with E-state index in [0.29, 0.717) is 11.0 Å². The summed E-state index contributed by atoms with van der Waals surface area (Å²) < 4.78 is 1.38. The summed E-state index contributed by atoms with van der Waals surface area (Å²) in [6, 6.07) is 1.94. The number of nitrogens with zero attached hydrogens (tertiary/aromatic N) is 3. The first-order chi connectivity index (χ1) is 9.78. The third kappa shape index (κ3) is 2.70. The van der Waals surface area contributed by atoms with Gasteiger partial charge in [-0.15, -0.1) is 5.10 Å². The summed E-state index contributed by atoms with van der Waals surface area (Å²) in [4.78, 5) is 16.5. The van der Waals surface area contributed by atoms with E-state index in [1.54, 1.807) is 6.20 Å². The second-order valence-corrected chi connectivity index (χ2v) is 6.42. The predicted molar refractivity (Wildman–Crippen MR) is 81.4 cm³/mol. The van der Waals surface area contributed by atoms with E-state index in [4.69, 9.17) is 0 Å². The quantitative estimate of drug-likeness (QED) is 0.920. The summed E-state index contributed by atoms with van der Waals surface area (Å²) >= 11 is 1.45. The monoisotopic (exact) mass is 292 g/mol. The van der Waals surface area contributed by atoms with Gasteiger partial charge in [0.05, 0.1) is 0 Å². The van der Waals surface area contributed by atoms with E-state index < -0.39 is 0 Å². The Bertz CT molecular complexity index is 635. The molecule has 2 atom stereocenters. The van der Waals surface area contributed by atoms with E-state index in [1.807, 2.05) is 0 Å². The minimum absolute atomic E-state index is 0.117. The number of nitrogens with one attached hydrogen (secondary N) is 1. The minimum Gasteiger partial charge on any atom is -0.357 e. The van der Waals surface area contributed by atoms with Gasteiger partial charge in [0.25, 0.3) is 5.56 Å². The van der Waals surface area contributed by atoms with Crippen molar-refractivity contribution < 1.29 is 0 Å². The molecule has 3 rings (SSSR count). The van der Waals surface area contributed by atoms with Crippen LogP contribution in [0.3, 0.4) is 0 Å². The van der Waals surface area contributed by atoms with Crippen LogP contribution in [0.25, 0.3) is 4.96 Å². The Hall–Kier alpha value is -1.43. The molecule has 2 aromatic heterocycles. The lowest BCUT2D eigenvalue weighted by Gasteiger charge is -2.19. The van der Waals surface area contributed by atoms with Gasteiger partial charge in [0.2, 0.25) is 10.1 Å². The first kappa shape index (κ1) is 13.5. The van der Waals surface area contributed by atoms with Crippen LogP contribution in [0.1, 0.15) is 45.4 Å². The molecule has 1 aliphatic rings. The number of hydrogen-bond acceptors (Lipinski definition) is 5. The molecule has 0 aromatic carbocycles. The van der Waals surface area contributed by atoms with E-state index >= 15 is 0 Å². The van der Waals surface area contributed by atoms with Crippen LogP contribution in [-0.2, 0) is 0 Å². The molecular weight excluding hydrogens is 272 g/mol. The maximum Gasteiger partial charge on any atom is 0.275 e. The normalized spacial score (nSPS) is 22.4. The first-order valence-electron chi connectivity index (χ1n) is 7.39. The average molecular weight is 292 g/mol. The maximum absolute atomic E-state index is 11.7. The highest BCUT2D eigenvalue weighted by atomic mass is 32.1. The summed E-state index contributed by atoms with van der Waals surface area (Å²) in [5.41, 5.74) is -0.117. The van der Waals surface area contributed by atoms with Crippen molar-refractivity contribution in [2.75, 3.05) is 5.32 Å². The average Bonchev–Trinajstić information content (AvgIpc) is 3.04. The molecule has 0 spiro atoms. The van der Waals surface area contributed by atoms with Gasteiger partial charge in [0.1, 0.15) is 0 Å². The topological polar surface area (TPSA) is 59.3 Å². The fraction of sp³-hybridized carbons (Fsp3) is 0.643. The molecule has 0 unspecified atom stereocenters. The molecule has 20 heavy (non-hydrogen) atoms. The van der Waals surface area contributed by atoms with Crippen LogP contribution in [0.2, 0.25) is 0 Å². The van der Waals surface area contributed by atoms with Crippen LogP contribution in [-0.4, -0.2) is 20.6 Å². The lowest BCUT2D eigenvalue weighted by molar-refractivity contribution is 0.448. The summed E-state index contributed by atoms with van der Waals surface area (Å²) in [6.45, 7) is 2.24. The number of anilines is 1. The molecule has 6 heteroatoms. The molecule has 2 aromatic rings. The molecule has 0 radical (unpaired) electrons. The van der Waals surface area contributed by atoms with E-state index in [1.165, 1.54) is 60.4 Å². The Labute approximate surface area is 122 Å². The van der Waals surface area contributed by atoms with E-state index in [0.717, 1.165) is 11.0 Å². The number of rotatable bonds is 5. The Morgan fingerprint density at radius 1 is 1.50 bits per heavy atom. The molecule has 1 saturated carbocycles. The zero-order valence-electron chi connectivity index (χ0n) is 11.7. The molecule has 1 aliphatic carbocycles. The van der Waals surface area contributed by atoms with Crippen molar-refractivity contribution in [3.05, 3.63) is 22.6 Å². The lowest BCUT2D eigenvalue weighted by Crippen LogP contribution is -2.24. The van der Waals surface area contributed by atoms with Gasteiger partial charge >= 0.3 is 0 Å². The second-order valence-electron chi connectivity index (χ2n) is 5.47. The van der Waals surface area contributed by atoms with Crippen LogP contribution in [0, 0.1) is 5.92 Å². The zero-order valence-corrected chi connectivity index (χ0v) is 12.5. The van der Waals surface area contributed by atoms with Gasteiger partial charge in [-0.25, -0.2) is 4.98 Å². The van der Waals surface area contributed by atoms with Crippen molar-refractivity contribution in [1.82, 2.24) is 14.6 Å². The van der Waals surface area contributed by atoms with Gasteiger partial charge in [0.15, 0.2) is 0 Å². The molecule has 1 fully saturated rings. The van der Waals surface area contributed by atoms with Crippen LogP contribution < -0.4 is 10.9 Å². The third-order valence-electron chi connectivity index (χ3n) is 4.07. The van der Waals surface area contributed by atoms with Crippen molar-refractivity contribution in [3.63, 3.8) is 0 Å². The second kappa shape index (κ2) is 5.91. The van der Waals surface area contributed by atoms with Gasteiger partial charge in [-0.2, -0.15) is 4.52 Å². The Balaban J connectivity index is 1.75. The zero-order chi connectivity index (χ0) is 13.9. The third-order valence-corrected chi connectivity index (χ3v) is 4.92. The van der Waals surface area contributed by atoms with Gasteiger partial charge in [-0.1, -0.05) is 37.5 Å². The SMILES string of the molecule is CCCC[C@@H]1CCC[C@H]1Nc1nn2c(=O)ccnc2s1. The Kier molecular flexibility index (Phi) is 4.00. The number of unbranched alkanes of at least 4 members (excludes halogenated alkanes) is 1. The standard InChI is InChI=1S/C14H20N4OS/c1-2-3-5-10-6-4-7-11(10)16-13-17-18-12(19)8-9-15-14(18)20-13/h8-11H,2-7H2,1H3,(H,16,17)/t10-,11-/m1/s1.